The van der Waals surface area contributed by atoms with Crippen LogP contribution >= 0.6 is 0 Å². The van der Waals surface area contributed by atoms with E-state index in [0.717, 1.165) is 63.7 Å². The van der Waals surface area contributed by atoms with Gasteiger partial charge in [0.05, 0.1) is 13.2 Å². The molecule has 2 saturated carbocycles. The maximum atomic E-state index is 13.1. The Hall–Kier alpha value is -1.97. The van der Waals surface area contributed by atoms with Crippen molar-refractivity contribution in [1.29, 1.82) is 0 Å². The highest BCUT2D eigenvalue weighted by Crippen LogP contribution is 2.31. The number of amides is 2. The van der Waals surface area contributed by atoms with Gasteiger partial charge in [0.2, 0.25) is 6.41 Å². The van der Waals surface area contributed by atoms with E-state index in [9.17, 15) is 19.5 Å². The topological polar surface area (TPSA) is 111 Å². The van der Waals surface area contributed by atoms with E-state index < -0.39 is 5.72 Å². The lowest BCUT2D eigenvalue weighted by Crippen LogP contribution is -2.53. The standard InChI is InChI=1S/C24H40N4O5/c1-2-33-21(30)16-26-24(32)10-8-19(9-11-24)17-27-12-14-28(15-13-27)23(31)22(25-18-29)20-6-4-3-5-7-20/h18-19,26,32H,2-17H2,1H3,(H,25,29). The van der Waals surface area contributed by atoms with Gasteiger partial charge in [0.25, 0.3) is 5.91 Å². The van der Waals surface area contributed by atoms with E-state index >= 15 is 0 Å². The number of allylic oxidation sites excluding steroid dienone is 1. The predicted molar refractivity (Wildman–Crippen MR) is 124 cm³/mol. The summed E-state index contributed by atoms with van der Waals surface area (Å²) in [4.78, 5) is 40.0. The minimum Gasteiger partial charge on any atom is -0.465 e. The Morgan fingerprint density at radius 1 is 1.12 bits per heavy atom. The zero-order chi connectivity index (χ0) is 23.7. The molecular weight excluding hydrogens is 424 g/mol. The molecule has 1 heterocycles. The number of nitrogens with one attached hydrogen (secondary N) is 2. The number of hydrogen-bond acceptors (Lipinski definition) is 7. The summed E-state index contributed by atoms with van der Waals surface area (Å²) in [6.07, 6.45) is 8.77. The van der Waals surface area contributed by atoms with Crippen molar-refractivity contribution in [3.05, 3.63) is 11.3 Å². The van der Waals surface area contributed by atoms with Crippen molar-refractivity contribution in [3.63, 3.8) is 0 Å². The van der Waals surface area contributed by atoms with Crippen LogP contribution in [0.4, 0.5) is 0 Å². The van der Waals surface area contributed by atoms with Crippen molar-refractivity contribution >= 4 is 18.3 Å². The van der Waals surface area contributed by atoms with Crippen LogP contribution in [0.5, 0.6) is 0 Å². The molecule has 0 unspecified atom stereocenters. The van der Waals surface area contributed by atoms with Crippen molar-refractivity contribution in [3.8, 4) is 0 Å². The first-order chi connectivity index (χ1) is 15.9. The summed E-state index contributed by atoms with van der Waals surface area (Å²) in [5.74, 6) is 0.105. The van der Waals surface area contributed by atoms with E-state index in [2.05, 4.69) is 15.5 Å². The van der Waals surface area contributed by atoms with Crippen LogP contribution in [-0.2, 0) is 19.1 Å². The number of ether oxygens (including phenoxy) is 1. The zero-order valence-corrected chi connectivity index (χ0v) is 19.9. The van der Waals surface area contributed by atoms with Crippen LogP contribution in [0.15, 0.2) is 11.3 Å². The van der Waals surface area contributed by atoms with E-state index in [4.69, 9.17) is 4.74 Å². The molecule has 0 aromatic rings. The molecule has 33 heavy (non-hydrogen) atoms. The van der Waals surface area contributed by atoms with Gasteiger partial charge in [-0.2, -0.15) is 0 Å². The molecule has 0 bridgehead atoms. The lowest BCUT2D eigenvalue weighted by Gasteiger charge is -2.40. The third-order valence-electron chi connectivity index (χ3n) is 7.20. The van der Waals surface area contributed by atoms with E-state index in [1.165, 1.54) is 6.42 Å². The molecule has 9 heteroatoms. The summed E-state index contributed by atoms with van der Waals surface area (Å²) in [5.41, 5.74) is 0.593. The maximum Gasteiger partial charge on any atom is 0.319 e. The molecule has 9 nitrogen and oxygen atoms in total. The van der Waals surface area contributed by atoms with E-state index in [1.807, 2.05) is 4.90 Å². The van der Waals surface area contributed by atoms with Gasteiger partial charge in [-0.05, 0) is 69.8 Å². The highest BCUT2D eigenvalue weighted by Gasteiger charge is 2.34. The Labute approximate surface area is 196 Å². The minimum absolute atomic E-state index is 0.0299. The molecule has 2 amide bonds. The van der Waals surface area contributed by atoms with Gasteiger partial charge in [-0.3, -0.25) is 24.6 Å². The van der Waals surface area contributed by atoms with Gasteiger partial charge in [-0.1, -0.05) is 6.42 Å². The van der Waals surface area contributed by atoms with Crippen LogP contribution in [0.2, 0.25) is 0 Å². The summed E-state index contributed by atoms with van der Waals surface area (Å²) in [6, 6.07) is 0. The number of rotatable bonds is 9. The molecule has 1 saturated heterocycles. The molecular formula is C24H40N4O5. The fraction of sp³-hybridized carbons (Fsp3) is 0.792. The summed E-state index contributed by atoms with van der Waals surface area (Å²) in [5, 5.41) is 16.4. The normalized spacial score (nSPS) is 26.5. The highest BCUT2D eigenvalue weighted by atomic mass is 16.5. The molecule has 2 aliphatic carbocycles. The van der Waals surface area contributed by atoms with Crippen molar-refractivity contribution < 1.29 is 24.2 Å². The quantitative estimate of drug-likeness (QED) is 0.203. The second-order valence-electron chi connectivity index (χ2n) is 9.53. The number of piperazine rings is 1. The van der Waals surface area contributed by atoms with Gasteiger partial charge in [0, 0.05) is 32.7 Å². The number of aliphatic hydroxyl groups is 1. The second-order valence-corrected chi connectivity index (χ2v) is 9.53. The van der Waals surface area contributed by atoms with Crippen molar-refractivity contribution in [2.24, 2.45) is 5.92 Å². The Bertz CT molecular complexity index is 702. The fourth-order valence-electron chi connectivity index (χ4n) is 5.22. The lowest BCUT2D eigenvalue weighted by atomic mass is 9.83. The number of carbonyl (C=O) groups excluding carboxylic acids is 3. The van der Waals surface area contributed by atoms with Crippen molar-refractivity contribution in [2.45, 2.75) is 70.4 Å². The molecule has 3 aliphatic rings. The van der Waals surface area contributed by atoms with Gasteiger partial charge < -0.3 is 20.1 Å². The van der Waals surface area contributed by atoms with Gasteiger partial charge in [0.1, 0.15) is 11.4 Å². The van der Waals surface area contributed by atoms with Crippen molar-refractivity contribution in [1.82, 2.24) is 20.4 Å². The van der Waals surface area contributed by atoms with Gasteiger partial charge in [-0.25, -0.2) is 0 Å². The van der Waals surface area contributed by atoms with E-state index in [-0.39, 0.29) is 18.4 Å². The predicted octanol–water partition coefficient (Wildman–Crippen LogP) is 1.13. The number of hydrogen-bond donors (Lipinski definition) is 3. The van der Waals surface area contributed by atoms with Gasteiger partial charge in [0.15, 0.2) is 0 Å². The Kier molecular flexibility index (Phi) is 9.70. The van der Waals surface area contributed by atoms with Crippen LogP contribution in [-0.4, -0.2) is 84.8 Å². The number of carbonyl (C=O) groups is 3. The molecule has 0 radical (unpaired) electrons. The summed E-state index contributed by atoms with van der Waals surface area (Å²) in [7, 11) is 0. The van der Waals surface area contributed by atoms with Crippen LogP contribution in [0, 0.1) is 5.92 Å². The Balaban J connectivity index is 1.42. The third kappa shape index (κ3) is 7.52. The monoisotopic (exact) mass is 464 g/mol. The molecule has 3 rings (SSSR count). The van der Waals surface area contributed by atoms with Gasteiger partial charge in [-0.15, -0.1) is 0 Å². The Morgan fingerprint density at radius 3 is 2.39 bits per heavy atom. The minimum atomic E-state index is -0.997. The Morgan fingerprint density at radius 2 is 1.79 bits per heavy atom. The summed E-state index contributed by atoms with van der Waals surface area (Å²) in [6.45, 7) is 6.05. The van der Waals surface area contributed by atoms with Crippen LogP contribution in [0.1, 0.15) is 64.7 Å². The number of nitrogens with zero attached hydrogens (tertiary/aromatic N) is 2. The molecule has 0 spiro atoms. The largest absolute Gasteiger partial charge is 0.465 e. The number of esters is 1. The van der Waals surface area contributed by atoms with E-state index in [0.29, 0.717) is 50.6 Å². The first-order valence-corrected chi connectivity index (χ1v) is 12.5. The van der Waals surface area contributed by atoms with Gasteiger partial charge >= 0.3 is 5.97 Å². The molecule has 0 aromatic heterocycles. The molecule has 186 valence electrons. The average Bonchev–Trinajstić information content (AvgIpc) is 2.84. The maximum absolute atomic E-state index is 13.1. The summed E-state index contributed by atoms with van der Waals surface area (Å²) >= 11 is 0. The van der Waals surface area contributed by atoms with Crippen LogP contribution < -0.4 is 10.6 Å². The first-order valence-electron chi connectivity index (χ1n) is 12.5. The SMILES string of the molecule is CCOC(=O)CNC1(O)CCC(CN2CCN(C(=O)C(NC=O)=C3CCCCC3)CC2)CC1. The molecule has 3 fully saturated rings. The fourth-order valence-corrected chi connectivity index (χ4v) is 5.22. The van der Waals surface area contributed by atoms with Crippen molar-refractivity contribution in [2.75, 3.05) is 45.9 Å². The molecule has 0 atom stereocenters. The third-order valence-corrected chi connectivity index (χ3v) is 7.20. The smallest absolute Gasteiger partial charge is 0.319 e. The molecule has 3 N–H and O–H groups in total. The van der Waals surface area contributed by atoms with Crippen LogP contribution in [0.3, 0.4) is 0 Å². The average molecular weight is 465 g/mol. The lowest BCUT2D eigenvalue weighted by molar-refractivity contribution is -0.144. The van der Waals surface area contributed by atoms with Crippen LogP contribution in [0.25, 0.3) is 0 Å². The van der Waals surface area contributed by atoms with E-state index in [1.54, 1.807) is 6.92 Å². The second kappa shape index (κ2) is 12.5. The zero-order valence-electron chi connectivity index (χ0n) is 19.9. The summed E-state index contributed by atoms with van der Waals surface area (Å²) < 4.78 is 4.92. The highest BCUT2D eigenvalue weighted by molar-refractivity contribution is 5.95. The molecule has 1 aliphatic heterocycles. The first kappa shape index (κ1) is 25.6. The molecule has 0 aromatic carbocycles.